The minimum Gasteiger partial charge on any atom is -0.422 e. The smallest absolute Gasteiger partial charge is 0.414 e. The molecule has 0 saturated carbocycles. The highest BCUT2D eigenvalue weighted by Gasteiger charge is 2.18. The third kappa shape index (κ3) is 3.63. The van der Waals surface area contributed by atoms with Crippen LogP contribution in [0, 0.1) is 12.7 Å². The van der Waals surface area contributed by atoms with Gasteiger partial charge in [-0.1, -0.05) is 11.6 Å². The van der Waals surface area contributed by atoms with E-state index in [0.29, 0.717) is 10.9 Å². The number of halogens is 2. The van der Waals surface area contributed by atoms with Gasteiger partial charge in [-0.25, -0.2) is 19.0 Å². The second-order valence-electron chi connectivity index (χ2n) is 6.38. The molecule has 2 aromatic heterocycles. The Kier molecular flexibility index (Phi) is 5.24. The summed E-state index contributed by atoms with van der Waals surface area (Å²) < 4.78 is 24.7. The first kappa shape index (κ1) is 19.6. The van der Waals surface area contributed by atoms with Crippen LogP contribution in [0.15, 0.2) is 33.6 Å². The zero-order valence-corrected chi connectivity index (χ0v) is 16.1. The number of ether oxygens (including phenoxy) is 1. The second kappa shape index (κ2) is 7.47. The lowest BCUT2D eigenvalue weighted by Gasteiger charge is -2.13. The molecule has 0 radical (unpaired) electrons. The van der Waals surface area contributed by atoms with E-state index in [1.165, 1.54) is 43.4 Å². The summed E-state index contributed by atoms with van der Waals surface area (Å²) in [5.41, 5.74) is 6.13. The Hall–Kier alpha value is -3.13. The number of pyridine rings is 1. The highest BCUT2D eigenvalue weighted by Crippen LogP contribution is 2.32. The van der Waals surface area contributed by atoms with E-state index in [9.17, 15) is 14.0 Å². The van der Waals surface area contributed by atoms with Gasteiger partial charge in [-0.05, 0) is 30.2 Å². The van der Waals surface area contributed by atoms with Crippen molar-refractivity contribution < 1.29 is 18.3 Å². The number of hydrogen-bond acceptors (Lipinski definition) is 6. The highest BCUT2D eigenvalue weighted by molar-refractivity contribution is 6.33. The van der Waals surface area contributed by atoms with E-state index < -0.39 is 17.5 Å². The summed E-state index contributed by atoms with van der Waals surface area (Å²) in [6, 6.07) is 4.36. The Labute approximate surface area is 164 Å². The van der Waals surface area contributed by atoms with Crippen molar-refractivity contribution in [3.05, 3.63) is 62.3 Å². The molecule has 1 amide bonds. The summed E-state index contributed by atoms with van der Waals surface area (Å²) in [6.45, 7) is 1.71. The molecular formula is C19H17ClFN3O4. The number of carbonyl (C=O) groups excluding carboxylic acids is 1. The number of aryl methyl sites for hydroxylation is 1. The van der Waals surface area contributed by atoms with E-state index in [4.69, 9.17) is 26.5 Å². The first-order chi connectivity index (χ1) is 13.2. The molecular weight excluding hydrogens is 389 g/mol. The van der Waals surface area contributed by atoms with Crippen molar-refractivity contribution in [1.29, 1.82) is 0 Å². The lowest BCUT2D eigenvalue weighted by atomic mass is 10.00. The maximum absolute atomic E-state index is 14.2. The number of rotatable bonds is 3. The highest BCUT2D eigenvalue weighted by atomic mass is 35.5. The minimum atomic E-state index is -0.676. The quantitative estimate of drug-likeness (QED) is 0.669. The van der Waals surface area contributed by atoms with E-state index in [0.717, 1.165) is 0 Å². The Balaban J connectivity index is 2.09. The standard InChI is InChI=1S/C19H17ClFN3O4/c1-9-11-7-13(20)15(28-19(26)24(2)3)8-14(11)27-18(25)12(9)6-10-4-5-23-17(22)16(10)21/h4-5,7-8H,6H2,1-3H3,(H2,22,23). The fourth-order valence-electron chi connectivity index (χ4n) is 2.69. The number of hydrogen-bond donors (Lipinski definition) is 1. The number of benzene rings is 1. The molecule has 0 aliphatic heterocycles. The normalized spacial score (nSPS) is 10.9. The van der Waals surface area contributed by atoms with E-state index in [-0.39, 0.29) is 39.7 Å². The predicted octanol–water partition coefficient (Wildman–Crippen LogP) is 3.52. The molecule has 3 rings (SSSR count). The lowest BCUT2D eigenvalue weighted by molar-refractivity contribution is 0.172. The van der Waals surface area contributed by atoms with Crippen LogP contribution in [0.5, 0.6) is 5.75 Å². The van der Waals surface area contributed by atoms with Crippen LogP contribution in [-0.2, 0) is 6.42 Å². The molecule has 0 aliphatic rings. The molecule has 0 aliphatic carbocycles. The van der Waals surface area contributed by atoms with Gasteiger partial charge in [-0.15, -0.1) is 0 Å². The summed E-state index contributed by atoms with van der Waals surface area (Å²) in [5, 5.41) is 0.719. The van der Waals surface area contributed by atoms with Crippen LogP contribution in [0.3, 0.4) is 0 Å². The summed E-state index contributed by atoms with van der Waals surface area (Å²) in [4.78, 5) is 29.2. The van der Waals surface area contributed by atoms with Gasteiger partial charge in [0.2, 0.25) is 0 Å². The van der Waals surface area contributed by atoms with Crippen molar-refractivity contribution in [1.82, 2.24) is 9.88 Å². The molecule has 0 spiro atoms. The van der Waals surface area contributed by atoms with Gasteiger partial charge in [-0.3, -0.25) is 0 Å². The summed E-state index contributed by atoms with van der Waals surface area (Å²) in [7, 11) is 3.05. The number of nitrogens with zero attached hydrogens (tertiary/aromatic N) is 2. The maximum Gasteiger partial charge on any atom is 0.414 e. The predicted molar refractivity (Wildman–Crippen MR) is 103 cm³/mol. The fraction of sp³-hybridized carbons (Fsp3) is 0.211. The number of aromatic nitrogens is 1. The molecule has 0 atom stereocenters. The van der Waals surface area contributed by atoms with Crippen LogP contribution in [0.2, 0.25) is 5.02 Å². The van der Waals surface area contributed by atoms with Gasteiger partial charge >= 0.3 is 11.7 Å². The van der Waals surface area contributed by atoms with E-state index in [1.807, 2.05) is 0 Å². The number of carbonyl (C=O) groups is 1. The van der Waals surface area contributed by atoms with Crippen molar-refractivity contribution in [2.75, 3.05) is 19.8 Å². The van der Waals surface area contributed by atoms with Crippen molar-refractivity contribution in [2.45, 2.75) is 13.3 Å². The number of nitrogens with two attached hydrogens (primary N) is 1. The lowest BCUT2D eigenvalue weighted by Crippen LogP contribution is -2.25. The molecule has 1 aromatic carbocycles. The molecule has 146 valence electrons. The largest absolute Gasteiger partial charge is 0.422 e. The SMILES string of the molecule is Cc1c(Cc2ccnc(N)c2F)c(=O)oc2cc(OC(=O)N(C)C)c(Cl)cc12. The molecule has 2 N–H and O–H groups in total. The minimum absolute atomic E-state index is 0.0162. The van der Waals surface area contributed by atoms with Gasteiger partial charge in [0, 0.05) is 43.7 Å². The van der Waals surface area contributed by atoms with Gasteiger partial charge in [0.05, 0.1) is 5.02 Å². The Morgan fingerprint density at radius 3 is 2.79 bits per heavy atom. The van der Waals surface area contributed by atoms with Crippen molar-refractivity contribution >= 4 is 34.5 Å². The number of amides is 1. The number of nitrogen functional groups attached to an aromatic ring is 1. The fourth-order valence-corrected chi connectivity index (χ4v) is 2.89. The van der Waals surface area contributed by atoms with Crippen molar-refractivity contribution in [3.63, 3.8) is 0 Å². The van der Waals surface area contributed by atoms with Crippen LogP contribution >= 0.6 is 11.6 Å². The summed E-state index contributed by atoms with van der Waals surface area (Å²) in [6.07, 6.45) is 0.730. The summed E-state index contributed by atoms with van der Waals surface area (Å²) >= 11 is 6.22. The van der Waals surface area contributed by atoms with Crippen LogP contribution < -0.4 is 16.1 Å². The molecule has 0 saturated heterocycles. The Bertz CT molecular complexity index is 1140. The van der Waals surface area contributed by atoms with Gasteiger partial charge in [0.1, 0.15) is 5.58 Å². The van der Waals surface area contributed by atoms with Crippen molar-refractivity contribution in [2.24, 2.45) is 0 Å². The molecule has 0 unspecified atom stereocenters. The van der Waals surface area contributed by atoms with Crippen LogP contribution in [0.4, 0.5) is 15.0 Å². The molecule has 7 nitrogen and oxygen atoms in total. The zero-order valence-electron chi connectivity index (χ0n) is 15.4. The summed E-state index contributed by atoms with van der Waals surface area (Å²) in [5.74, 6) is -0.850. The third-order valence-electron chi connectivity index (χ3n) is 4.27. The molecule has 28 heavy (non-hydrogen) atoms. The molecule has 2 heterocycles. The molecule has 9 heteroatoms. The Morgan fingerprint density at radius 2 is 2.11 bits per heavy atom. The van der Waals surface area contributed by atoms with Crippen molar-refractivity contribution in [3.8, 4) is 5.75 Å². The van der Waals surface area contributed by atoms with Crippen LogP contribution in [-0.4, -0.2) is 30.1 Å². The zero-order chi connectivity index (χ0) is 20.6. The number of fused-ring (bicyclic) bond motifs is 1. The third-order valence-corrected chi connectivity index (χ3v) is 4.56. The first-order valence-electron chi connectivity index (χ1n) is 8.23. The van der Waals surface area contributed by atoms with E-state index in [2.05, 4.69) is 4.98 Å². The van der Waals surface area contributed by atoms with E-state index >= 15 is 0 Å². The van der Waals surface area contributed by atoms with Gasteiger partial charge in [-0.2, -0.15) is 0 Å². The first-order valence-corrected chi connectivity index (χ1v) is 8.60. The Morgan fingerprint density at radius 1 is 1.39 bits per heavy atom. The monoisotopic (exact) mass is 405 g/mol. The molecule has 3 aromatic rings. The van der Waals surface area contributed by atoms with Crippen LogP contribution in [0.25, 0.3) is 11.0 Å². The maximum atomic E-state index is 14.2. The topological polar surface area (TPSA) is 98.7 Å². The van der Waals surface area contributed by atoms with Gasteiger partial charge in [0.15, 0.2) is 17.4 Å². The molecule has 0 fully saturated rings. The van der Waals surface area contributed by atoms with Crippen LogP contribution in [0.1, 0.15) is 16.7 Å². The van der Waals surface area contributed by atoms with E-state index in [1.54, 1.807) is 6.92 Å². The average molecular weight is 406 g/mol. The van der Waals surface area contributed by atoms with Gasteiger partial charge < -0.3 is 19.8 Å². The van der Waals surface area contributed by atoms with Gasteiger partial charge in [0.25, 0.3) is 0 Å². The average Bonchev–Trinajstić information content (AvgIpc) is 2.63. The number of anilines is 1. The molecule has 0 bridgehead atoms. The second-order valence-corrected chi connectivity index (χ2v) is 6.79.